The molecule has 1 aromatic carbocycles. The van der Waals surface area contributed by atoms with Crippen molar-refractivity contribution in [3.05, 3.63) is 35.9 Å². The van der Waals surface area contributed by atoms with Crippen LogP contribution in [0, 0.1) is 0 Å². The van der Waals surface area contributed by atoms with E-state index < -0.39 is 5.97 Å². The second-order valence-corrected chi connectivity index (χ2v) is 4.50. The van der Waals surface area contributed by atoms with Gasteiger partial charge in [0, 0.05) is 19.0 Å². The van der Waals surface area contributed by atoms with Crippen LogP contribution in [0.1, 0.15) is 25.3 Å². The molecule has 1 atom stereocenters. The largest absolute Gasteiger partial charge is 0.481 e. The first-order valence-electron chi connectivity index (χ1n) is 6.05. The number of carbonyl (C=O) groups is 1. The fourth-order valence-electron chi connectivity index (χ4n) is 1.72. The maximum atomic E-state index is 10.5. The summed E-state index contributed by atoms with van der Waals surface area (Å²) in [6.45, 7) is 3.04. The lowest BCUT2D eigenvalue weighted by Gasteiger charge is -2.24. The van der Waals surface area contributed by atoms with Gasteiger partial charge in [-0.1, -0.05) is 30.3 Å². The molecule has 1 unspecified atom stereocenters. The number of aliphatic carboxylic acids is 1. The van der Waals surface area contributed by atoms with E-state index in [1.54, 1.807) is 0 Å². The van der Waals surface area contributed by atoms with Crippen LogP contribution in [-0.4, -0.2) is 35.6 Å². The van der Waals surface area contributed by atoms with Crippen LogP contribution in [0.25, 0.3) is 0 Å². The molecule has 17 heavy (non-hydrogen) atoms. The molecule has 0 spiro atoms. The second kappa shape index (κ2) is 7.07. The minimum atomic E-state index is -0.715. The van der Waals surface area contributed by atoms with Gasteiger partial charge in [-0.25, -0.2) is 0 Å². The van der Waals surface area contributed by atoms with Gasteiger partial charge in [-0.15, -0.1) is 0 Å². The maximum absolute atomic E-state index is 10.5. The number of hydrogen-bond donors (Lipinski definition) is 1. The minimum absolute atomic E-state index is 0.247. The summed E-state index contributed by atoms with van der Waals surface area (Å²) in [5.41, 5.74) is 1.32. The first-order valence-corrected chi connectivity index (χ1v) is 6.05. The Morgan fingerprint density at radius 3 is 2.59 bits per heavy atom. The molecule has 3 heteroatoms. The summed E-state index contributed by atoms with van der Waals surface area (Å²) in [5.74, 6) is -0.715. The van der Waals surface area contributed by atoms with Gasteiger partial charge < -0.3 is 10.0 Å². The lowest BCUT2D eigenvalue weighted by Crippen LogP contribution is -2.31. The highest BCUT2D eigenvalue weighted by molar-refractivity contribution is 5.66. The van der Waals surface area contributed by atoms with E-state index in [9.17, 15) is 4.79 Å². The third-order valence-corrected chi connectivity index (χ3v) is 3.12. The molecule has 0 aliphatic heterocycles. The van der Waals surface area contributed by atoms with Crippen molar-refractivity contribution in [3.63, 3.8) is 0 Å². The van der Waals surface area contributed by atoms with Gasteiger partial charge in [0.2, 0.25) is 0 Å². The molecule has 0 heterocycles. The summed E-state index contributed by atoms with van der Waals surface area (Å²) in [6, 6.07) is 10.7. The van der Waals surface area contributed by atoms with Crippen LogP contribution in [0.4, 0.5) is 0 Å². The lowest BCUT2D eigenvalue weighted by molar-refractivity contribution is -0.137. The average molecular weight is 235 g/mol. The molecule has 0 saturated carbocycles. The fraction of sp³-hybridized carbons (Fsp3) is 0.500. The summed E-state index contributed by atoms with van der Waals surface area (Å²) in [5, 5.41) is 8.63. The predicted octanol–water partition coefficient (Wildman–Crippen LogP) is 2.41. The number of likely N-dealkylation sites (N-methyl/N-ethyl adjacent to an activating group) is 1. The second-order valence-electron chi connectivity index (χ2n) is 4.50. The minimum Gasteiger partial charge on any atom is -0.481 e. The van der Waals surface area contributed by atoms with E-state index in [1.165, 1.54) is 5.56 Å². The van der Waals surface area contributed by atoms with Crippen LogP contribution in [0.3, 0.4) is 0 Å². The van der Waals surface area contributed by atoms with E-state index >= 15 is 0 Å². The maximum Gasteiger partial charge on any atom is 0.303 e. The zero-order chi connectivity index (χ0) is 12.7. The third-order valence-electron chi connectivity index (χ3n) is 3.12. The van der Waals surface area contributed by atoms with Crippen LogP contribution in [0.2, 0.25) is 0 Å². The van der Waals surface area contributed by atoms with E-state index in [0.717, 1.165) is 13.0 Å². The zero-order valence-corrected chi connectivity index (χ0v) is 10.6. The summed E-state index contributed by atoms with van der Waals surface area (Å²) in [4.78, 5) is 12.7. The topological polar surface area (TPSA) is 40.5 Å². The van der Waals surface area contributed by atoms with E-state index in [-0.39, 0.29) is 6.42 Å². The first kappa shape index (κ1) is 13.7. The standard InChI is InChI=1S/C14H21NO2/c1-12(8-9-14(16)17)15(2)11-10-13-6-4-3-5-7-13/h3-7,12H,8-11H2,1-2H3,(H,16,17). The molecule has 0 aromatic heterocycles. The number of rotatable bonds is 7. The van der Waals surface area contributed by atoms with Crippen molar-refractivity contribution in [2.24, 2.45) is 0 Å². The Labute approximate surface area is 103 Å². The smallest absolute Gasteiger partial charge is 0.303 e. The van der Waals surface area contributed by atoms with Crippen molar-refractivity contribution < 1.29 is 9.90 Å². The highest BCUT2D eigenvalue weighted by Gasteiger charge is 2.10. The Kier molecular flexibility index (Phi) is 5.70. The van der Waals surface area contributed by atoms with Crippen molar-refractivity contribution >= 4 is 5.97 Å². The molecule has 0 radical (unpaired) electrons. The predicted molar refractivity (Wildman–Crippen MR) is 69.1 cm³/mol. The van der Waals surface area contributed by atoms with Gasteiger partial charge in [-0.05, 0) is 32.4 Å². The quantitative estimate of drug-likeness (QED) is 0.789. The van der Waals surface area contributed by atoms with Crippen molar-refractivity contribution in [2.45, 2.75) is 32.2 Å². The summed E-state index contributed by atoms with van der Waals surface area (Å²) in [6.07, 6.45) is 1.96. The number of carboxylic acid groups (broad SMARTS) is 1. The highest BCUT2D eigenvalue weighted by Crippen LogP contribution is 2.07. The van der Waals surface area contributed by atoms with Crippen molar-refractivity contribution in [3.8, 4) is 0 Å². The molecular formula is C14H21NO2. The zero-order valence-electron chi connectivity index (χ0n) is 10.6. The van der Waals surface area contributed by atoms with Gasteiger partial charge in [0.05, 0.1) is 0 Å². The van der Waals surface area contributed by atoms with Crippen LogP contribution in [0.15, 0.2) is 30.3 Å². The molecule has 3 nitrogen and oxygen atoms in total. The number of benzene rings is 1. The number of carboxylic acids is 1. The summed E-state index contributed by atoms with van der Waals surface area (Å²) >= 11 is 0. The molecule has 1 aromatic rings. The SMILES string of the molecule is CC(CCC(=O)O)N(C)CCc1ccccc1. The van der Waals surface area contributed by atoms with Crippen LogP contribution in [-0.2, 0) is 11.2 Å². The molecule has 0 fully saturated rings. The molecular weight excluding hydrogens is 214 g/mol. The van der Waals surface area contributed by atoms with Crippen molar-refractivity contribution in [2.75, 3.05) is 13.6 Å². The van der Waals surface area contributed by atoms with Crippen LogP contribution in [0.5, 0.6) is 0 Å². The number of nitrogens with zero attached hydrogens (tertiary/aromatic N) is 1. The first-order chi connectivity index (χ1) is 8.09. The normalized spacial score (nSPS) is 12.6. The van der Waals surface area contributed by atoms with Crippen molar-refractivity contribution in [1.82, 2.24) is 4.90 Å². The Morgan fingerprint density at radius 1 is 1.35 bits per heavy atom. The molecule has 0 aliphatic carbocycles. The highest BCUT2D eigenvalue weighted by atomic mass is 16.4. The van der Waals surface area contributed by atoms with Gasteiger partial charge >= 0.3 is 5.97 Å². The van der Waals surface area contributed by atoms with E-state index in [4.69, 9.17) is 5.11 Å². The molecule has 0 bridgehead atoms. The van der Waals surface area contributed by atoms with Crippen LogP contribution < -0.4 is 0 Å². The fourth-order valence-corrected chi connectivity index (χ4v) is 1.72. The molecule has 1 rings (SSSR count). The number of hydrogen-bond acceptors (Lipinski definition) is 2. The van der Waals surface area contributed by atoms with Gasteiger partial charge in [0.25, 0.3) is 0 Å². The van der Waals surface area contributed by atoms with Gasteiger partial charge in [0.15, 0.2) is 0 Å². The summed E-state index contributed by atoms with van der Waals surface area (Å²) in [7, 11) is 2.05. The lowest BCUT2D eigenvalue weighted by atomic mass is 10.1. The van der Waals surface area contributed by atoms with Crippen molar-refractivity contribution in [1.29, 1.82) is 0 Å². The van der Waals surface area contributed by atoms with E-state index in [2.05, 4.69) is 31.0 Å². The Hall–Kier alpha value is -1.35. The third kappa shape index (κ3) is 5.50. The van der Waals surface area contributed by atoms with E-state index in [1.807, 2.05) is 18.2 Å². The Bertz CT molecular complexity index is 337. The molecule has 0 saturated heterocycles. The Balaban J connectivity index is 2.29. The monoisotopic (exact) mass is 235 g/mol. The van der Waals surface area contributed by atoms with Gasteiger partial charge in [-0.2, -0.15) is 0 Å². The average Bonchev–Trinajstić information content (AvgIpc) is 2.34. The van der Waals surface area contributed by atoms with Crippen LogP contribution >= 0.6 is 0 Å². The molecule has 1 N–H and O–H groups in total. The molecule has 94 valence electrons. The summed E-state index contributed by atoms with van der Waals surface area (Å²) < 4.78 is 0. The van der Waals surface area contributed by atoms with Gasteiger partial charge in [0.1, 0.15) is 0 Å². The van der Waals surface area contributed by atoms with Gasteiger partial charge in [-0.3, -0.25) is 4.79 Å². The van der Waals surface area contributed by atoms with E-state index in [0.29, 0.717) is 12.5 Å². The molecule has 0 amide bonds. The Morgan fingerprint density at radius 2 is 2.00 bits per heavy atom. The molecule has 0 aliphatic rings.